The quantitative estimate of drug-likeness (QED) is 0.518. The van der Waals surface area contributed by atoms with Crippen molar-refractivity contribution >= 4 is 24.4 Å². The zero-order chi connectivity index (χ0) is 10.3. The van der Waals surface area contributed by atoms with Crippen molar-refractivity contribution in [1.82, 2.24) is 4.90 Å². The van der Waals surface area contributed by atoms with Crippen molar-refractivity contribution in [2.24, 2.45) is 0 Å². The molecule has 13 heavy (non-hydrogen) atoms. The zero-order valence-electron chi connectivity index (χ0n) is 8.92. The average molecular weight is 219 g/mol. The summed E-state index contributed by atoms with van der Waals surface area (Å²) in [5.41, 5.74) is 1.20. The molecule has 3 heteroatoms. The van der Waals surface area contributed by atoms with E-state index in [2.05, 4.69) is 44.3 Å². The molecular formula is C10H21NS2. The maximum atomic E-state index is 4.20. The van der Waals surface area contributed by atoms with Crippen molar-refractivity contribution in [3.05, 3.63) is 12.2 Å². The lowest BCUT2D eigenvalue weighted by molar-refractivity contribution is 0.274. The summed E-state index contributed by atoms with van der Waals surface area (Å²) < 4.78 is 0. The Morgan fingerprint density at radius 1 is 1.62 bits per heavy atom. The van der Waals surface area contributed by atoms with Gasteiger partial charge in [0.05, 0.1) is 0 Å². The van der Waals surface area contributed by atoms with Crippen LogP contribution in [0.3, 0.4) is 0 Å². The van der Waals surface area contributed by atoms with Crippen LogP contribution in [-0.2, 0) is 0 Å². The maximum Gasteiger partial charge on any atom is 0.0198 e. The molecular weight excluding hydrogens is 198 g/mol. The van der Waals surface area contributed by atoms with Gasteiger partial charge in [0.25, 0.3) is 0 Å². The lowest BCUT2D eigenvalue weighted by atomic mass is 10.2. The first-order valence-electron chi connectivity index (χ1n) is 4.58. The monoisotopic (exact) mass is 219 g/mol. The van der Waals surface area contributed by atoms with Crippen molar-refractivity contribution in [1.29, 1.82) is 0 Å². The van der Waals surface area contributed by atoms with Gasteiger partial charge in [-0.15, -0.1) is 0 Å². The summed E-state index contributed by atoms with van der Waals surface area (Å²) in [5, 5.41) is 0. The molecule has 78 valence electrons. The molecule has 0 aromatic heterocycles. The van der Waals surface area contributed by atoms with Gasteiger partial charge in [-0.3, -0.25) is 4.90 Å². The third-order valence-electron chi connectivity index (χ3n) is 2.19. The third-order valence-corrected chi connectivity index (χ3v) is 3.28. The highest BCUT2D eigenvalue weighted by Gasteiger charge is 2.08. The first-order chi connectivity index (χ1) is 6.11. The Morgan fingerprint density at radius 2 is 2.23 bits per heavy atom. The molecule has 0 saturated heterocycles. The first-order valence-corrected chi connectivity index (χ1v) is 6.61. The normalized spacial score (nSPS) is 13.3. The Labute approximate surface area is 92.4 Å². The fourth-order valence-corrected chi connectivity index (χ4v) is 1.74. The van der Waals surface area contributed by atoms with Gasteiger partial charge in [-0.05, 0) is 32.4 Å². The van der Waals surface area contributed by atoms with E-state index in [1.54, 1.807) is 0 Å². The number of hydrogen-bond donors (Lipinski definition) is 1. The largest absolute Gasteiger partial charge is 0.300 e. The number of nitrogens with zero attached hydrogens (tertiary/aromatic N) is 1. The molecule has 0 rings (SSSR count). The highest BCUT2D eigenvalue weighted by molar-refractivity contribution is 7.98. The number of thiol groups is 1. The van der Waals surface area contributed by atoms with E-state index in [-0.39, 0.29) is 0 Å². The Hall–Kier alpha value is 0.400. The predicted octanol–water partition coefficient (Wildman–Crippen LogP) is 2.55. The SMILES string of the molecule is C=C(CS)CN(C)C(C)CCSC. The van der Waals surface area contributed by atoms with Crippen LogP contribution in [0.4, 0.5) is 0 Å². The average Bonchev–Trinajstić information content (AvgIpc) is 2.13. The molecule has 1 nitrogen and oxygen atoms in total. The third kappa shape index (κ3) is 6.47. The van der Waals surface area contributed by atoms with Crippen molar-refractivity contribution in [2.75, 3.05) is 31.4 Å². The topological polar surface area (TPSA) is 3.24 Å². The van der Waals surface area contributed by atoms with Gasteiger partial charge < -0.3 is 0 Å². The van der Waals surface area contributed by atoms with Crippen LogP contribution in [0.5, 0.6) is 0 Å². The van der Waals surface area contributed by atoms with E-state index in [4.69, 9.17) is 0 Å². The summed E-state index contributed by atoms with van der Waals surface area (Å²) in [5.74, 6) is 2.03. The number of likely N-dealkylation sites (N-methyl/N-ethyl adjacent to an activating group) is 1. The highest BCUT2D eigenvalue weighted by Crippen LogP contribution is 2.07. The van der Waals surface area contributed by atoms with Crippen molar-refractivity contribution in [2.45, 2.75) is 19.4 Å². The molecule has 0 aliphatic heterocycles. The maximum absolute atomic E-state index is 4.20. The van der Waals surface area contributed by atoms with Gasteiger partial charge in [-0.1, -0.05) is 12.2 Å². The minimum absolute atomic E-state index is 0.643. The lowest BCUT2D eigenvalue weighted by Gasteiger charge is -2.24. The minimum Gasteiger partial charge on any atom is -0.300 e. The lowest BCUT2D eigenvalue weighted by Crippen LogP contribution is -2.31. The van der Waals surface area contributed by atoms with Gasteiger partial charge >= 0.3 is 0 Å². The smallest absolute Gasteiger partial charge is 0.0198 e. The van der Waals surface area contributed by atoms with Crippen LogP contribution in [0.2, 0.25) is 0 Å². The van der Waals surface area contributed by atoms with Crippen LogP contribution in [-0.4, -0.2) is 42.3 Å². The zero-order valence-corrected chi connectivity index (χ0v) is 10.6. The van der Waals surface area contributed by atoms with E-state index in [1.807, 2.05) is 11.8 Å². The summed E-state index contributed by atoms with van der Waals surface area (Å²) in [6.45, 7) is 7.19. The van der Waals surface area contributed by atoms with Gasteiger partial charge in [0.2, 0.25) is 0 Å². The Morgan fingerprint density at radius 3 is 2.69 bits per heavy atom. The van der Waals surface area contributed by atoms with E-state index < -0.39 is 0 Å². The van der Waals surface area contributed by atoms with Gasteiger partial charge in [-0.25, -0.2) is 0 Å². The first kappa shape index (κ1) is 13.4. The Balaban J connectivity index is 3.68. The molecule has 1 unspecified atom stereocenters. The van der Waals surface area contributed by atoms with Crippen LogP contribution in [0.25, 0.3) is 0 Å². The van der Waals surface area contributed by atoms with Crippen LogP contribution >= 0.6 is 24.4 Å². The molecule has 0 amide bonds. The second kappa shape index (κ2) is 7.77. The van der Waals surface area contributed by atoms with Crippen molar-refractivity contribution < 1.29 is 0 Å². The molecule has 0 heterocycles. The molecule has 0 aromatic carbocycles. The number of hydrogen-bond acceptors (Lipinski definition) is 3. The van der Waals surface area contributed by atoms with Crippen LogP contribution < -0.4 is 0 Å². The van der Waals surface area contributed by atoms with E-state index in [9.17, 15) is 0 Å². The van der Waals surface area contributed by atoms with Crippen LogP contribution in [0.15, 0.2) is 12.2 Å². The molecule has 0 spiro atoms. The van der Waals surface area contributed by atoms with Gasteiger partial charge in [0.15, 0.2) is 0 Å². The second-order valence-corrected chi connectivity index (χ2v) is 4.76. The standard InChI is InChI=1S/C10H21NS2/c1-9(8-12)7-11(3)10(2)5-6-13-4/h10,12H,1,5-8H2,2-4H3. The molecule has 0 aliphatic rings. The molecule has 0 aromatic rings. The van der Waals surface area contributed by atoms with Crippen molar-refractivity contribution in [3.63, 3.8) is 0 Å². The summed E-state index contributed by atoms with van der Waals surface area (Å²) in [4.78, 5) is 2.34. The van der Waals surface area contributed by atoms with Gasteiger partial charge in [0.1, 0.15) is 0 Å². The summed E-state index contributed by atoms with van der Waals surface area (Å²) in [6, 6.07) is 0.643. The summed E-state index contributed by atoms with van der Waals surface area (Å²) in [6.07, 6.45) is 3.40. The molecule has 0 fully saturated rings. The van der Waals surface area contributed by atoms with Crippen LogP contribution in [0.1, 0.15) is 13.3 Å². The van der Waals surface area contributed by atoms with E-state index in [0.29, 0.717) is 6.04 Å². The second-order valence-electron chi connectivity index (χ2n) is 3.45. The van der Waals surface area contributed by atoms with E-state index >= 15 is 0 Å². The minimum atomic E-state index is 0.643. The molecule has 0 saturated carbocycles. The predicted molar refractivity (Wildman–Crippen MR) is 68.1 cm³/mol. The molecule has 0 radical (unpaired) electrons. The van der Waals surface area contributed by atoms with Gasteiger partial charge in [-0.2, -0.15) is 24.4 Å². The summed E-state index contributed by atoms with van der Waals surface area (Å²) in [7, 11) is 2.15. The van der Waals surface area contributed by atoms with E-state index in [0.717, 1.165) is 12.3 Å². The number of rotatable bonds is 7. The highest BCUT2D eigenvalue weighted by atomic mass is 32.2. The molecule has 0 bridgehead atoms. The van der Waals surface area contributed by atoms with Crippen LogP contribution in [0, 0.1) is 0 Å². The molecule has 0 N–H and O–H groups in total. The van der Waals surface area contributed by atoms with Gasteiger partial charge in [0, 0.05) is 18.3 Å². The Kier molecular flexibility index (Phi) is 8.01. The van der Waals surface area contributed by atoms with E-state index in [1.165, 1.54) is 17.7 Å². The fourth-order valence-electron chi connectivity index (χ4n) is 1.07. The fraction of sp³-hybridized carbons (Fsp3) is 0.800. The van der Waals surface area contributed by atoms with Crippen molar-refractivity contribution in [3.8, 4) is 0 Å². The molecule has 1 atom stereocenters. The Bertz CT molecular complexity index is 148. The summed E-state index contributed by atoms with van der Waals surface area (Å²) >= 11 is 6.11. The molecule has 0 aliphatic carbocycles. The number of thioether (sulfide) groups is 1.